The Labute approximate surface area is 184 Å². The Morgan fingerprint density at radius 3 is 2.10 bits per heavy atom. The summed E-state index contributed by atoms with van der Waals surface area (Å²) in [6, 6.07) is 5.47. The van der Waals surface area contributed by atoms with E-state index in [1.165, 1.54) is 62.8 Å². The van der Waals surface area contributed by atoms with Gasteiger partial charge in [-0.05, 0) is 44.2 Å². The molecule has 1 saturated carbocycles. The van der Waals surface area contributed by atoms with Crippen molar-refractivity contribution in [3.63, 3.8) is 0 Å². The molecule has 0 heterocycles. The van der Waals surface area contributed by atoms with Crippen LogP contribution >= 0.6 is 0 Å². The number of carbonyl (C=O) groups is 2. The summed E-state index contributed by atoms with van der Waals surface area (Å²) in [4.78, 5) is 34.6. The molecule has 1 aromatic carbocycles. The molecule has 0 N–H and O–H groups in total. The summed E-state index contributed by atoms with van der Waals surface area (Å²) in [5, 5.41) is 10.7. The molecule has 7 heteroatoms. The highest BCUT2D eigenvalue weighted by Gasteiger charge is 2.29. The van der Waals surface area contributed by atoms with Crippen LogP contribution in [0.15, 0.2) is 24.3 Å². The van der Waals surface area contributed by atoms with Crippen LogP contribution in [0, 0.1) is 16.0 Å². The van der Waals surface area contributed by atoms with Gasteiger partial charge in [0.15, 0.2) is 0 Å². The second-order valence-corrected chi connectivity index (χ2v) is 8.36. The van der Waals surface area contributed by atoms with E-state index in [1.54, 1.807) is 0 Å². The Hall–Kier alpha value is -2.44. The van der Waals surface area contributed by atoms with E-state index in [1.807, 2.05) is 0 Å². The number of rotatable bonds is 13. The monoisotopic (exact) mass is 433 g/mol. The van der Waals surface area contributed by atoms with Crippen molar-refractivity contribution >= 4 is 17.6 Å². The summed E-state index contributed by atoms with van der Waals surface area (Å²) in [7, 11) is 0. The maximum absolute atomic E-state index is 12.3. The van der Waals surface area contributed by atoms with Gasteiger partial charge in [-0.1, -0.05) is 51.9 Å². The number of unbranched alkanes of at least 4 members (excludes halogenated alkanes) is 7. The fourth-order valence-corrected chi connectivity index (χ4v) is 3.90. The van der Waals surface area contributed by atoms with Crippen LogP contribution in [-0.2, 0) is 14.3 Å². The molecule has 0 amide bonds. The summed E-state index contributed by atoms with van der Waals surface area (Å²) < 4.78 is 10.9. The van der Waals surface area contributed by atoms with Gasteiger partial charge in [0.05, 0.1) is 10.8 Å². The van der Waals surface area contributed by atoms with Gasteiger partial charge in [0.2, 0.25) is 0 Å². The average molecular weight is 434 g/mol. The third-order valence-electron chi connectivity index (χ3n) is 5.81. The fourth-order valence-electron chi connectivity index (χ4n) is 3.90. The molecule has 0 unspecified atom stereocenters. The number of hydrogen-bond acceptors (Lipinski definition) is 6. The Bertz CT molecular complexity index is 695. The molecule has 1 fully saturated rings. The Morgan fingerprint density at radius 1 is 0.935 bits per heavy atom. The van der Waals surface area contributed by atoms with Crippen LogP contribution in [-0.4, -0.2) is 23.0 Å². The molecule has 7 nitrogen and oxygen atoms in total. The van der Waals surface area contributed by atoms with E-state index in [4.69, 9.17) is 9.47 Å². The molecule has 172 valence electrons. The van der Waals surface area contributed by atoms with E-state index in [2.05, 4.69) is 6.92 Å². The van der Waals surface area contributed by atoms with Gasteiger partial charge in [-0.3, -0.25) is 19.7 Å². The van der Waals surface area contributed by atoms with Gasteiger partial charge in [-0.15, -0.1) is 0 Å². The predicted molar refractivity (Wildman–Crippen MR) is 118 cm³/mol. The zero-order valence-electron chi connectivity index (χ0n) is 18.6. The molecule has 0 radical (unpaired) electrons. The molecule has 0 atom stereocenters. The lowest BCUT2D eigenvalue weighted by Crippen LogP contribution is -2.30. The fraction of sp³-hybridized carbons (Fsp3) is 0.667. The largest absolute Gasteiger partial charge is 0.462 e. The number of nitro benzene ring substituents is 1. The molecule has 0 saturated heterocycles. The van der Waals surface area contributed by atoms with Crippen molar-refractivity contribution in [1.82, 2.24) is 0 Å². The van der Waals surface area contributed by atoms with Crippen LogP contribution in [0.25, 0.3) is 0 Å². The van der Waals surface area contributed by atoms with Crippen molar-refractivity contribution in [3.8, 4) is 5.75 Å². The van der Waals surface area contributed by atoms with E-state index < -0.39 is 4.92 Å². The molecule has 0 aliphatic heterocycles. The topological polar surface area (TPSA) is 95.7 Å². The van der Waals surface area contributed by atoms with Gasteiger partial charge >= 0.3 is 11.9 Å². The number of nitro groups is 1. The maximum atomic E-state index is 12.3. The van der Waals surface area contributed by atoms with Gasteiger partial charge in [-0.25, -0.2) is 0 Å². The van der Waals surface area contributed by atoms with Crippen LogP contribution in [0.1, 0.15) is 90.4 Å². The van der Waals surface area contributed by atoms with Crippen molar-refractivity contribution in [3.05, 3.63) is 34.4 Å². The Kier molecular flexibility index (Phi) is 11.0. The smallest absolute Gasteiger partial charge is 0.314 e. The highest BCUT2D eigenvalue weighted by Crippen LogP contribution is 2.28. The summed E-state index contributed by atoms with van der Waals surface area (Å²) in [5.41, 5.74) is -0.0471. The van der Waals surface area contributed by atoms with Crippen molar-refractivity contribution in [2.24, 2.45) is 5.92 Å². The summed E-state index contributed by atoms with van der Waals surface area (Å²) >= 11 is 0. The van der Waals surface area contributed by atoms with Gasteiger partial charge in [0.1, 0.15) is 11.9 Å². The first-order valence-corrected chi connectivity index (χ1v) is 11.6. The van der Waals surface area contributed by atoms with Crippen LogP contribution in [0.3, 0.4) is 0 Å². The quantitative estimate of drug-likeness (QED) is 0.122. The van der Waals surface area contributed by atoms with Crippen LogP contribution in [0.5, 0.6) is 5.75 Å². The standard InChI is InChI=1S/C24H35NO6/c1-2-3-4-5-6-7-8-9-10-23(26)30-21-15-11-19(12-16-21)24(27)31-22-17-13-20(14-18-22)25(28)29/h13-14,17-19,21H,2-12,15-16H2,1H3. The first-order chi connectivity index (χ1) is 15.0. The minimum Gasteiger partial charge on any atom is -0.462 e. The number of benzene rings is 1. The second kappa shape index (κ2) is 13.8. The lowest BCUT2D eigenvalue weighted by atomic mass is 9.87. The summed E-state index contributed by atoms with van der Waals surface area (Å²) in [6.45, 7) is 2.21. The third-order valence-corrected chi connectivity index (χ3v) is 5.81. The lowest BCUT2D eigenvalue weighted by molar-refractivity contribution is -0.384. The number of esters is 2. The molecule has 0 spiro atoms. The number of nitrogens with zero attached hydrogens (tertiary/aromatic N) is 1. The predicted octanol–water partition coefficient (Wildman–Crippen LogP) is 6.13. The average Bonchev–Trinajstić information content (AvgIpc) is 2.76. The normalized spacial score (nSPS) is 18.4. The highest BCUT2D eigenvalue weighted by atomic mass is 16.6. The lowest BCUT2D eigenvalue weighted by Gasteiger charge is -2.27. The van der Waals surface area contributed by atoms with Gasteiger partial charge in [0.25, 0.3) is 5.69 Å². The first-order valence-electron chi connectivity index (χ1n) is 11.6. The number of hydrogen-bond donors (Lipinski definition) is 0. The van der Waals surface area contributed by atoms with Crippen molar-refractivity contribution in [2.45, 2.75) is 96.5 Å². The molecule has 1 aromatic rings. The number of non-ortho nitro benzene ring substituents is 1. The summed E-state index contributed by atoms with van der Waals surface area (Å²) in [5.74, 6) is -0.409. The third kappa shape index (κ3) is 9.49. The highest BCUT2D eigenvalue weighted by molar-refractivity contribution is 5.75. The van der Waals surface area contributed by atoms with Gasteiger partial charge in [-0.2, -0.15) is 0 Å². The zero-order chi connectivity index (χ0) is 22.5. The Morgan fingerprint density at radius 2 is 1.52 bits per heavy atom. The zero-order valence-corrected chi connectivity index (χ0v) is 18.6. The molecule has 0 aromatic heterocycles. The molecule has 1 aliphatic carbocycles. The van der Waals surface area contributed by atoms with Crippen molar-refractivity contribution in [1.29, 1.82) is 0 Å². The van der Waals surface area contributed by atoms with E-state index in [9.17, 15) is 19.7 Å². The van der Waals surface area contributed by atoms with E-state index in [-0.39, 0.29) is 29.6 Å². The maximum Gasteiger partial charge on any atom is 0.314 e. The van der Waals surface area contributed by atoms with Gasteiger partial charge in [0, 0.05) is 18.6 Å². The van der Waals surface area contributed by atoms with Crippen LogP contribution in [0.4, 0.5) is 5.69 Å². The van der Waals surface area contributed by atoms with E-state index in [0.717, 1.165) is 12.8 Å². The van der Waals surface area contributed by atoms with E-state index in [0.29, 0.717) is 37.9 Å². The molecular weight excluding hydrogens is 398 g/mol. The number of ether oxygens (including phenoxy) is 2. The van der Waals surface area contributed by atoms with Crippen LogP contribution < -0.4 is 4.74 Å². The SMILES string of the molecule is CCCCCCCCCCC(=O)OC1CCC(C(=O)Oc2ccc([N+](=O)[O-])cc2)CC1. The van der Waals surface area contributed by atoms with E-state index >= 15 is 0 Å². The summed E-state index contributed by atoms with van der Waals surface area (Å²) in [6.07, 6.45) is 12.4. The first kappa shape index (κ1) is 24.8. The molecule has 0 bridgehead atoms. The van der Waals surface area contributed by atoms with Gasteiger partial charge < -0.3 is 9.47 Å². The minimum atomic E-state index is -0.497. The van der Waals surface area contributed by atoms with Crippen molar-refractivity contribution in [2.75, 3.05) is 0 Å². The molecular formula is C24H35NO6. The second-order valence-electron chi connectivity index (χ2n) is 8.36. The molecule has 2 rings (SSSR count). The number of carbonyl (C=O) groups excluding carboxylic acids is 2. The molecule has 31 heavy (non-hydrogen) atoms. The van der Waals surface area contributed by atoms with Crippen molar-refractivity contribution < 1.29 is 24.0 Å². The Balaban J connectivity index is 1.58. The minimum absolute atomic E-state index is 0.0471. The van der Waals surface area contributed by atoms with Crippen LogP contribution in [0.2, 0.25) is 0 Å². The molecule has 1 aliphatic rings.